The van der Waals surface area contributed by atoms with E-state index < -0.39 is 35.4 Å². The van der Waals surface area contributed by atoms with Gasteiger partial charge < -0.3 is 9.84 Å². The zero-order chi connectivity index (χ0) is 18.4. The van der Waals surface area contributed by atoms with Crippen LogP contribution in [0.25, 0.3) is 0 Å². The molecule has 24 heavy (non-hydrogen) atoms. The third-order valence-electron chi connectivity index (χ3n) is 3.55. The number of carboxylic acid groups (broad SMARTS) is 1. The maximum absolute atomic E-state index is 13.3. The predicted molar refractivity (Wildman–Crippen MR) is 74.2 cm³/mol. The number of rotatable bonds is 1. The lowest BCUT2D eigenvalue weighted by Gasteiger charge is -2.29. The van der Waals surface area contributed by atoms with Crippen molar-refractivity contribution >= 4 is 12.1 Å². The molecule has 0 saturated carbocycles. The lowest BCUT2D eigenvalue weighted by atomic mass is 10.2. The molecule has 2 rings (SSSR count). The average molecular weight is 350 g/mol. The van der Waals surface area contributed by atoms with Gasteiger partial charge in [-0.25, -0.2) is 18.7 Å². The lowest BCUT2D eigenvalue weighted by molar-refractivity contribution is -0.693. The second-order valence-corrected chi connectivity index (χ2v) is 6.53. The Morgan fingerprint density at radius 1 is 1.21 bits per heavy atom. The topological polar surface area (TPSA) is 75.7 Å². The van der Waals surface area contributed by atoms with Gasteiger partial charge in [0.1, 0.15) is 12.1 Å². The Morgan fingerprint density at radius 2 is 1.79 bits per heavy atom. The maximum atomic E-state index is 13.3. The predicted octanol–water partition coefficient (Wildman–Crippen LogP) is 1.78. The van der Waals surface area contributed by atoms with Gasteiger partial charge in [-0.05, 0) is 20.8 Å². The smallest absolute Gasteiger partial charge is 0.475 e. The Morgan fingerprint density at radius 3 is 2.25 bits per heavy atom. The van der Waals surface area contributed by atoms with Crippen molar-refractivity contribution in [3.8, 4) is 0 Å². The highest BCUT2D eigenvalue weighted by atomic mass is 19.4. The third-order valence-corrected chi connectivity index (χ3v) is 3.55. The molecule has 0 spiro atoms. The van der Waals surface area contributed by atoms with E-state index in [0.717, 1.165) is 11.6 Å². The Kier molecular flexibility index (Phi) is 4.28. The number of hydrogen-bond donors (Lipinski definition) is 1. The molecule has 0 saturated heterocycles. The number of aromatic nitrogens is 2. The van der Waals surface area contributed by atoms with Crippen molar-refractivity contribution in [2.24, 2.45) is 7.05 Å². The average Bonchev–Trinajstić information content (AvgIpc) is 2.66. The fraction of sp³-hybridized carbons (Fsp3) is 0.643. The van der Waals surface area contributed by atoms with E-state index in [1.165, 1.54) is 4.90 Å². The molecule has 10 heteroatoms. The van der Waals surface area contributed by atoms with Gasteiger partial charge in [-0.1, -0.05) is 0 Å². The second kappa shape index (κ2) is 5.67. The summed E-state index contributed by atoms with van der Waals surface area (Å²) in [5.74, 6) is -2.54. The van der Waals surface area contributed by atoms with Gasteiger partial charge in [0.15, 0.2) is 5.69 Å². The summed E-state index contributed by atoms with van der Waals surface area (Å²) in [6.07, 6.45) is -5.40. The van der Waals surface area contributed by atoms with Gasteiger partial charge in [-0.15, -0.1) is 0 Å². The highest BCUT2D eigenvalue weighted by molar-refractivity contribution is 5.85. The fourth-order valence-corrected chi connectivity index (χ4v) is 2.71. The van der Waals surface area contributed by atoms with Crippen LogP contribution in [0.3, 0.4) is 0 Å². The maximum Gasteiger partial charge on any atom is 0.495 e. The Hall–Kier alpha value is -2.26. The molecule has 2 heterocycles. The van der Waals surface area contributed by atoms with Crippen LogP contribution < -0.4 is 4.57 Å². The molecular formula is C14H19F3N3O4+. The number of amides is 1. The largest absolute Gasteiger partial charge is 0.495 e. The van der Waals surface area contributed by atoms with Gasteiger partial charge in [0.2, 0.25) is 0 Å². The number of aromatic carboxylic acids is 1. The van der Waals surface area contributed by atoms with Crippen molar-refractivity contribution in [1.29, 1.82) is 0 Å². The summed E-state index contributed by atoms with van der Waals surface area (Å²) in [5, 5.41) is 9.28. The van der Waals surface area contributed by atoms with Gasteiger partial charge in [0.25, 0.3) is 5.69 Å². The molecule has 1 aromatic rings. The number of ether oxygens (including phenoxy) is 1. The number of hydrogen-bond acceptors (Lipinski definition) is 3. The van der Waals surface area contributed by atoms with E-state index in [1.807, 2.05) is 0 Å². The molecule has 0 bridgehead atoms. The number of halogens is 3. The Balaban J connectivity index is 2.44. The number of nitrogens with zero attached hydrogens (tertiary/aromatic N) is 3. The van der Waals surface area contributed by atoms with Crippen LogP contribution in [-0.2, 0) is 31.1 Å². The first-order chi connectivity index (χ1) is 10.8. The molecule has 0 aliphatic carbocycles. The van der Waals surface area contributed by atoms with Crippen molar-refractivity contribution in [2.75, 3.05) is 6.54 Å². The van der Waals surface area contributed by atoms with E-state index in [4.69, 9.17) is 4.74 Å². The molecule has 0 atom stereocenters. The molecule has 0 unspecified atom stereocenters. The summed E-state index contributed by atoms with van der Waals surface area (Å²) >= 11 is 0. The summed E-state index contributed by atoms with van der Waals surface area (Å²) in [7, 11) is 1.05. The van der Waals surface area contributed by atoms with Gasteiger partial charge in [0.05, 0.1) is 20.1 Å². The van der Waals surface area contributed by atoms with Crippen LogP contribution in [0.4, 0.5) is 18.0 Å². The third kappa shape index (κ3) is 3.31. The number of alkyl halides is 3. The van der Waals surface area contributed by atoms with Crippen molar-refractivity contribution in [3.05, 3.63) is 17.2 Å². The van der Waals surface area contributed by atoms with Crippen molar-refractivity contribution < 1.29 is 37.2 Å². The molecule has 0 aromatic carbocycles. The van der Waals surface area contributed by atoms with Crippen LogP contribution in [0, 0.1) is 0 Å². The summed E-state index contributed by atoms with van der Waals surface area (Å²) in [6, 6.07) is 0. The first-order valence-electron chi connectivity index (χ1n) is 7.22. The van der Waals surface area contributed by atoms with Gasteiger partial charge in [0, 0.05) is 0 Å². The van der Waals surface area contributed by atoms with Crippen molar-refractivity contribution in [3.63, 3.8) is 0 Å². The van der Waals surface area contributed by atoms with Crippen LogP contribution in [0.15, 0.2) is 0 Å². The van der Waals surface area contributed by atoms with Crippen LogP contribution >= 0.6 is 0 Å². The quantitative estimate of drug-likeness (QED) is 0.784. The zero-order valence-electron chi connectivity index (χ0n) is 13.8. The number of imidazole rings is 1. The molecule has 1 aliphatic rings. The highest BCUT2D eigenvalue weighted by Gasteiger charge is 2.50. The highest BCUT2D eigenvalue weighted by Crippen LogP contribution is 2.31. The van der Waals surface area contributed by atoms with Gasteiger partial charge in [-0.2, -0.15) is 13.2 Å². The molecule has 1 aromatic heterocycles. The number of carbonyl (C=O) groups is 2. The first-order valence-corrected chi connectivity index (χ1v) is 7.22. The Bertz CT molecular complexity index is 689. The monoisotopic (exact) mass is 350 g/mol. The second-order valence-electron chi connectivity index (χ2n) is 6.53. The van der Waals surface area contributed by atoms with E-state index >= 15 is 0 Å². The number of fused-ring (bicyclic) bond motifs is 1. The van der Waals surface area contributed by atoms with Crippen molar-refractivity contribution in [2.45, 2.75) is 45.6 Å². The summed E-state index contributed by atoms with van der Waals surface area (Å²) in [6.45, 7) is 4.58. The van der Waals surface area contributed by atoms with E-state index in [9.17, 15) is 27.9 Å². The van der Waals surface area contributed by atoms with Crippen LogP contribution in [-0.4, -0.2) is 38.8 Å². The molecule has 0 radical (unpaired) electrons. The minimum atomic E-state index is -4.70. The molecule has 7 nitrogen and oxygen atoms in total. The van der Waals surface area contributed by atoms with Crippen LogP contribution in [0.1, 0.15) is 42.8 Å². The SMILES string of the molecule is C[n+]1c(C(=O)O)c2n(c1C(F)(F)F)CCN(C(=O)OC(C)(C)C)C2. The number of carboxylic acids is 1. The molecule has 1 aliphatic heterocycles. The van der Waals surface area contributed by atoms with E-state index in [1.54, 1.807) is 20.8 Å². The zero-order valence-corrected chi connectivity index (χ0v) is 13.8. The van der Waals surface area contributed by atoms with E-state index in [2.05, 4.69) is 0 Å². The van der Waals surface area contributed by atoms with Crippen LogP contribution in [0.5, 0.6) is 0 Å². The first kappa shape index (κ1) is 18.1. The fourth-order valence-electron chi connectivity index (χ4n) is 2.71. The van der Waals surface area contributed by atoms with Gasteiger partial charge >= 0.3 is 24.1 Å². The normalized spacial score (nSPS) is 15.2. The van der Waals surface area contributed by atoms with E-state index in [-0.39, 0.29) is 25.3 Å². The molecule has 1 N–H and O–H groups in total. The van der Waals surface area contributed by atoms with Crippen LogP contribution in [0.2, 0.25) is 0 Å². The lowest BCUT2D eigenvalue weighted by Crippen LogP contribution is -2.43. The molecule has 1 amide bonds. The van der Waals surface area contributed by atoms with Gasteiger partial charge in [-0.3, -0.25) is 4.90 Å². The van der Waals surface area contributed by atoms with Crippen molar-refractivity contribution in [1.82, 2.24) is 9.47 Å². The molecule has 0 fully saturated rings. The summed E-state index contributed by atoms with van der Waals surface area (Å²) in [4.78, 5) is 24.7. The summed E-state index contributed by atoms with van der Waals surface area (Å²) < 4.78 is 46.5. The van der Waals surface area contributed by atoms with E-state index in [0.29, 0.717) is 4.57 Å². The molecule has 134 valence electrons. The summed E-state index contributed by atoms with van der Waals surface area (Å²) in [5.41, 5.74) is -1.32. The number of carbonyl (C=O) groups excluding carboxylic acids is 1. The standard InChI is InChI=1S/C14H18F3N3O4/c1-13(2,3)24-12(23)19-5-6-20-8(7-19)9(10(21)22)18(4)11(20)14(15,16)17/h5-7H2,1-4H3/p+1. The minimum Gasteiger partial charge on any atom is -0.475 e. The minimum absolute atomic E-state index is 0.00126. The molecular weight excluding hydrogens is 331 g/mol. The Labute approximate surface area is 136 Å².